The van der Waals surface area contributed by atoms with E-state index in [1.165, 1.54) is 0 Å². The van der Waals surface area contributed by atoms with Crippen molar-refractivity contribution in [1.29, 1.82) is 0 Å². The van der Waals surface area contributed by atoms with Gasteiger partial charge in [-0.25, -0.2) is 0 Å². The second kappa shape index (κ2) is 5.10. The van der Waals surface area contributed by atoms with Crippen molar-refractivity contribution in [3.05, 3.63) is 58.8 Å². The van der Waals surface area contributed by atoms with Gasteiger partial charge in [0.2, 0.25) is 0 Å². The molecule has 3 rings (SSSR count). The van der Waals surface area contributed by atoms with Crippen molar-refractivity contribution >= 4 is 21.8 Å². The number of para-hydroxylation sites is 2. The molecule has 0 amide bonds. The Morgan fingerprint density at radius 1 is 1.00 bits per heavy atom. The van der Waals surface area contributed by atoms with Gasteiger partial charge < -0.3 is 10.3 Å². The third-order valence-corrected chi connectivity index (χ3v) is 3.78. The molecule has 1 unspecified atom stereocenters. The summed E-state index contributed by atoms with van der Waals surface area (Å²) >= 11 is 0. The number of hydrogen-bond donors (Lipinski definition) is 1. The highest BCUT2D eigenvalue weighted by molar-refractivity contribution is 5.93. The van der Waals surface area contributed by atoms with E-state index in [0.717, 1.165) is 28.4 Å². The molecule has 3 aromatic rings. The van der Waals surface area contributed by atoms with Gasteiger partial charge in [-0.2, -0.15) is 0 Å². The van der Waals surface area contributed by atoms with Crippen molar-refractivity contribution in [2.45, 2.75) is 13.5 Å². The second-order valence-corrected chi connectivity index (χ2v) is 5.31. The Bertz CT molecular complexity index is 760. The molecule has 0 saturated carbocycles. The van der Waals surface area contributed by atoms with Crippen molar-refractivity contribution in [2.75, 3.05) is 6.54 Å². The van der Waals surface area contributed by atoms with Gasteiger partial charge in [0, 0.05) is 17.3 Å². The van der Waals surface area contributed by atoms with Crippen LogP contribution in [0.2, 0.25) is 0 Å². The molecule has 0 spiro atoms. The molecular formula is C17H18N2O. The van der Waals surface area contributed by atoms with E-state index in [-0.39, 0.29) is 5.43 Å². The van der Waals surface area contributed by atoms with E-state index in [9.17, 15) is 4.79 Å². The molecule has 0 aliphatic rings. The number of hydrogen-bond acceptors (Lipinski definition) is 2. The summed E-state index contributed by atoms with van der Waals surface area (Å²) in [5.74, 6) is 0.365. The average Bonchev–Trinajstić information content (AvgIpc) is 2.51. The van der Waals surface area contributed by atoms with Gasteiger partial charge in [0.05, 0.1) is 11.0 Å². The highest BCUT2D eigenvalue weighted by atomic mass is 16.1. The highest BCUT2D eigenvalue weighted by Gasteiger charge is 2.11. The zero-order chi connectivity index (χ0) is 14.1. The third-order valence-electron chi connectivity index (χ3n) is 3.78. The number of aromatic nitrogens is 1. The largest absolute Gasteiger partial charge is 0.340 e. The summed E-state index contributed by atoms with van der Waals surface area (Å²) in [5, 5.41) is 1.55. The lowest BCUT2D eigenvalue weighted by atomic mass is 10.1. The lowest BCUT2D eigenvalue weighted by Gasteiger charge is -2.18. The summed E-state index contributed by atoms with van der Waals surface area (Å²) in [6, 6.07) is 15.6. The Morgan fingerprint density at radius 2 is 1.50 bits per heavy atom. The first-order valence-electron chi connectivity index (χ1n) is 6.92. The average molecular weight is 266 g/mol. The first kappa shape index (κ1) is 12.9. The number of pyridine rings is 1. The second-order valence-electron chi connectivity index (χ2n) is 5.31. The Morgan fingerprint density at radius 3 is 2.00 bits per heavy atom. The lowest BCUT2D eigenvalue weighted by molar-refractivity contribution is 0.509. The molecular weight excluding hydrogens is 248 g/mol. The molecule has 3 nitrogen and oxygen atoms in total. The van der Waals surface area contributed by atoms with Crippen molar-refractivity contribution < 1.29 is 0 Å². The topological polar surface area (TPSA) is 48.0 Å². The molecule has 20 heavy (non-hydrogen) atoms. The molecule has 0 saturated heterocycles. The van der Waals surface area contributed by atoms with Gasteiger partial charge in [-0.05, 0) is 36.7 Å². The van der Waals surface area contributed by atoms with Gasteiger partial charge in [0.1, 0.15) is 0 Å². The van der Waals surface area contributed by atoms with Crippen LogP contribution >= 0.6 is 0 Å². The molecule has 102 valence electrons. The van der Waals surface area contributed by atoms with Crippen LogP contribution in [0.1, 0.15) is 6.92 Å². The first-order chi connectivity index (χ1) is 9.72. The Kier molecular flexibility index (Phi) is 3.28. The normalized spacial score (nSPS) is 12.9. The number of nitrogens with zero attached hydrogens (tertiary/aromatic N) is 1. The van der Waals surface area contributed by atoms with Crippen LogP contribution in [0.5, 0.6) is 0 Å². The minimum Gasteiger partial charge on any atom is -0.340 e. The third kappa shape index (κ3) is 2.00. The van der Waals surface area contributed by atoms with Crippen LogP contribution in [0.25, 0.3) is 21.8 Å². The maximum Gasteiger partial charge on any atom is 0.197 e. The quantitative estimate of drug-likeness (QED) is 0.741. The standard InChI is InChI=1S/C17H18N2O/c1-12(10-18)11-19-15-8-4-2-6-13(15)17(20)14-7-3-5-9-16(14)19/h2-9,12H,10-11,18H2,1H3. The monoisotopic (exact) mass is 266 g/mol. The molecule has 0 radical (unpaired) electrons. The van der Waals surface area contributed by atoms with E-state index in [1.54, 1.807) is 0 Å². The van der Waals surface area contributed by atoms with Gasteiger partial charge in [-0.3, -0.25) is 4.79 Å². The van der Waals surface area contributed by atoms with E-state index in [0.29, 0.717) is 12.5 Å². The SMILES string of the molecule is CC(CN)Cn1c2ccccc2c(=O)c2ccccc21. The predicted molar refractivity (Wildman–Crippen MR) is 83.9 cm³/mol. The molecule has 0 aliphatic carbocycles. The zero-order valence-corrected chi connectivity index (χ0v) is 11.5. The molecule has 2 N–H and O–H groups in total. The summed E-state index contributed by atoms with van der Waals surface area (Å²) in [7, 11) is 0. The van der Waals surface area contributed by atoms with Crippen LogP contribution < -0.4 is 11.2 Å². The minimum absolute atomic E-state index is 0.104. The number of rotatable bonds is 3. The fourth-order valence-corrected chi connectivity index (χ4v) is 2.66. The van der Waals surface area contributed by atoms with E-state index in [2.05, 4.69) is 11.5 Å². The van der Waals surface area contributed by atoms with Crippen molar-refractivity contribution in [1.82, 2.24) is 4.57 Å². The summed E-state index contributed by atoms with van der Waals surface area (Å²) in [4.78, 5) is 12.6. The van der Waals surface area contributed by atoms with E-state index in [4.69, 9.17) is 5.73 Å². The van der Waals surface area contributed by atoms with Gasteiger partial charge in [-0.15, -0.1) is 0 Å². The van der Waals surface area contributed by atoms with Crippen LogP contribution in [-0.2, 0) is 6.54 Å². The fourth-order valence-electron chi connectivity index (χ4n) is 2.66. The number of fused-ring (bicyclic) bond motifs is 2. The smallest absolute Gasteiger partial charge is 0.197 e. The molecule has 2 aromatic carbocycles. The molecule has 3 heteroatoms. The minimum atomic E-state index is 0.104. The van der Waals surface area contributed by atoms with Crippen molar-refractivity contribution in [3.63, 3.8) is 0 Å². The van der Waals surface area contributed by atoms with Gasteiger partial charge in [0.25, 0.3) is 0 Å². The Labute approximate surface area is 117 Å². The predicted octanol–water partition coefficient (Wildman–Crippen LogP) is 2.75. The molecule has 0 fully saturated rings. The van der Waals surface area contributed by atoms with Crippen LogP contribution in [0.4, 0.5) is 0 Å². The van der Waals surface area contributed by atoms with Crippen LogP contribution in [0.15, 0.2) is 53.3 Å². The summed E-state index contributed by atoms with van der Waals surface area (Å²) in [5.41, 5.74) is 7.83. The molecule has 1 heterocycles. The maximum absolute atomic E-state index is 12.6. The van der Waals surface area contributed by atoms with Gasteiger partial charge >= 0.3 is 0 Å². The van der Waals surface area contributed by atoms with E-state index in [1.807, 2.05) is 48.5 Å². The molecule has 1 aromatic heterocycles. The van der Waals surface area contributed by atoms with Crippen LogP contribution in [-0.4, -0.2) is 11.1 Å². The zero-order valence-electron chi connectivity index (χ0n) is 11.5. The van der Waals surface area contributed by atoms with Crippen molar-refractivity contribution in [2.24, 2.45) is 11.7 Å². The highest BCUT2D eigenvalue weighted by Crippen LogP contribution is 2.20. The number of benzene rings is 2. The van der Waals surface area contributed by atoms with Gasteiger partial charge in [0.15, 0.2) is 5.43 Å². The van der Waals surface area contributed by atoms with Gasteiger partial charge in [-0.1, -0.05) is 31.2 Å². The van der Waals surface area contributed by atoms with E-state index >= 15 is 0 Å². The van der Waals surface area contributed by atoms with E-state index < -0.39 is 0 Å². The Balaban J connectivity index is 2.43. The lowest BCUT2D eigenvalue weighted by Crippen LogP contribution is -2.20. The molecule has 0 aliphatic heterocycles. The molecule has 0 bridgehead atoms. The fraction of sp³-hybridized carbons (Fsp3) is 0.235. The molecule has 1 atom stereocenters. The van der Waals surface area contributed by atoms with Crippen molar-refractivity contribution in [3.8, 4) is 0 Å². The van der Waals surface area contributed by atoms with Crippen LogP contribution in [0, 0.1) is 5.92 Å². The Hall–Kier alpha value is -2.13. The summed E-state index contributed by atoms with van der Waals surface area (Å²) in [6.07, 6.45) is 0. The first-order valence-corrected chi connectivity index (χ1v) is 6.92. The number of nitrogens with two attached hydrogens (primary N) is 1. The maximum atomic E-state index is 12.6. The summed E-state index contributed by atoms with van der Waals surface area (Å²) in [6.45, 7) is 3.58. The summed E-state index contributed by atoms with van der Waals surface area (Å²) < 4.78 is 2.21. The van der Waals surface area contributed by atoms with Crippen LogP contribution in [0.3, 0.4) is 0 Å².